The van der Waals surface area contributed by atoms with Crippen molar-refractivity contribution in [3.63, 3.8) is 0 Å². The van der Waals surface area contributed by atoms with E-state index in [-0.39, 0.29) is 0 Å². The van der Waals surface area contributed by atoms with Crippen LogP contribution in [0.4, 0.5) is 5.69 Å². The van der Waals surface area contributed by atoms with Gasteiger partial charge in [-0.3, -0.25) is 19.6 Å². The van der Waals surface area contributed by atoms with Crippen LogP contribution in [-0.2, 0) is 0 Å². The maximum atomic E-state index is 12.1. The van der Waals surface area contributed by atoms with Gasteiger partial charge in [-0.25, -0.2) is 4.79 Å². The smallest absolute Gasteiger partial charge is 0.328 e. The molecule has 0 aliphatic carbocycles. The van der Waals surface area contributed by atoms with Crippen molar-refractivity contribution in [3.05, 3.63) is 56.4 Å². The highest BCUT2D eigenvalue weighted by molar-refractivity contribution is 6.05. The molecule has 5 N–H and O–H groups in total. The summed E-state index contributed by atoms with van der Waals surface area (Å²) in [5.41, 5.74) is 0.147. The molecule has 1 aromatic carbocycles. The molecule has 0 saturated heterocycles. The molecule has 1 amide bonds. The van der Waals surface area contributed by atoms with Gasteiger partial charge in [0.15, 0.2) is 5.56 Å². The largest absolute Gasteiger partial charge is 0.494 e. The number of amides is 1. The van der Waals surface area contributed by atoms with Crippen LogP contribution >= 0.6 is 0 Å². The number of nitrogens with one attached hydrogen (secondary N) is 4. The molecular weight excluding hydrogens is 316 g/mol. The van der Waals surface area contributed by atoms with Crippen molar-refractivity contribution in [3.8, 4) is 17.1 Å². The minimum atomic E-state index is -0.983. The van der Waals surface area contributed by atoms with Crippen molar-refractivity contribution >= 4 is 11.6 Å². The second kappa shape index (κ2) is 5.83. The van der Waals surface area contributed by atoms with Crippen molar-refractivity contribution in [1.29, 1.82) is 0 Å². The summed E-state index contributed by atoms with van der Waals surface area (Å²) in [5.74, 6) is -1.65. The Morgan fingerprint density at radius 1 is 1.12 bits per heavy atom. The van der Waals surface area contributed by atoms with Crippen LogP contribution in [0.15, 0.2) is 33.9 Å². The molecule has 0 bridgehead atoms. The van der Waals surface area contributed by atoms with Crippen LogP contribution in [0, 0.1) is 6.92 Å². The highest BCUT2D eigenvalue weighted by Crippen LogP contribution is 2.21. The van der Waals surface area contributed by atoms with Gasteiger partial charge in [-0.1, -0.05) is 12.1 Å². The summed E-state index contributed by atoms with van der Waals surface area (Å²) < 4.78 is 0. The Hall–Kier alpha value is -3.69. The molecule has 0 unspecified atom stereocenters. The van der Waals surface area contributed by atoms with Crippen LogP contribution in [0.2, 0.25) is 0 Å². The van der Waals surface area contributed by atoms with E-state index < -0.39 is 28.6 Å². The van der Waals surface area contributed by atoms with E-state index >= 15 is 0 Å². The Kier molecular flexibility index (Phi) is 3.70. The fourth-order valence-electron chi connectivity index (χ4n) is 2.15. The average molecular weight is 328 g/mol. The lowest BCUT2D eigenvalue weighted by Crippen LogP contribution is -2.30. The number of rotatable bonds is 3. The van der Waals surface area contributed by atoms with Crippen LogP contribution in [0.25, 0.3) is 11.3 Å². The summed E-state index contributed by atoms with van der Waals surface area (Å²) in [5, 5.41) is 22.5. The molecule has 2 aromatic heterocycles. The first-order valence-corrected chi connectivity index (χ1v) is 6.80. The van der Waals surface area contributed by atoms with Crippen LogP contribution in [0.3, 0.4) is 0 Å². The van der Waals surface area contributed by atoms with Gasteiger partial charge in [-0.05, 0) is 19.1 Å². The maximum absolute atomic E-state index is 12.1. The first-order valence-electron chi connectivity index (χ1n) is 6.80. The average Bonchev–Trinajstić information content (AvgIpc) is 2.93. The topological polar surface area (TPSA) is 157 Å². The van der Waals surface area contributed by atoms with Gasteiger partial charge in [0.25, 0.3) is 11.5 Å². The number of aryl methyl sites for hydroxylation is 1. The number of hydrogen-bond acceptors (Lipinski definition) is 6. The van der Waals surface area contributed by atoms with Crippen molar-refractivity contribution in [2.75, 3.05) is 5.32 Å². The molecule has 3 aromatic rings. The molecule has 3 rings (SSSR count). The lowest BCUT2D eigenvalue weighted by atomic mass is 10.1. The van der Waals surface area contributed by atoms with Crippen LogP contribution in [0.1, 0.15) is 16.1 Å². The van der Waals surface area contributed by atoms with E-state index in [9.17, 15) is 19.5 Å². The van der Waals surface area contributed by atoms with Crippen molar-refractivity contribution in [2.24, 2.45) is 0 Å². The van der Waals surface area contributed by atoms with E-state index in [1.54, 1.807) is 31.2 Å². The Morgan fingerprint density at radius 3 is 2.42 bits per heavy atom. The molecule has 10 nitrogen and oxygen atoms in total. The minimum absolute atomic E-state index is 0.398. The molecule has 0 aliphatic heterocycles. The molecule has 0 saturated carbocycles. The monoisotopic (exact) mass is 328 g/mol. The normalized spacial score (nSPS) is 10.5. The maximum Gasteiger partial charge on any atom is 0.328 e. The van der Waals surface area contributed by atoms with Crippen molar-refractivity contribution < 1.29 is 9.90 Å². The Labute approximate surface area is 133 Å². The predicted molar refractivity (Wildman–Crippen MR) is 83.9 cm³/mol. The van der Waals surface area contributed by atoms with Gasteiger partial charge < -0.3 is 10.4 Å². The number of hydrogen-bond donors (Lipinski definition) is 5. The molecule has 0 fully saturated rings. The second-order valence-electron chi connectivity index (χ2n) is 4.92. The van der Waals surface area contributed by atoms with Crippen LogP contribution < -0.4 is 16.6 Å². The Bertz CT molecular complexity index is 1010. The van der Waals surface area contributed by atoms with Gasteiger partial charge in [0.2, 0.25) is 5.88 Å². The number of nitrogens with zero attached hydrogens (tertiary/aromatic N) is 2. The number of aromatic amines is 3. The number of H-pyrrole nitrogens is 3. The standard InChI is InChI=1S/C14H12N6O4/c1-6-10(19-20-18-6)7-2-4-8(5-3-7)15-11(21)9-12(22)16-14(24)17-13(9)23/h2-5H,1H3,(H,15,21)(H,18,19,20)(H3,16,17,22,23,24). The van der Waals surface area contributed by atoms with Crippen molar-refractivity contribution in [1.82, 2.24) is 25.4 Å². The number of aromatic nitrogens is 5. The highest BCUT2D eigenvalue weighted by Gasteiger charge is 2.17. The zero-order valence-electron chi connectivity index (χ0n) is 12.4. The fourth-order valence-corrected chi connectivity index (χ4v) is 2.15. The van der Waals surface area contributed by atoms with Gasteiger partial charge >= 0.3 is 5.69 Å². The van der Waals surface area contributed by atoms with Crippen molar-refractivity contribution in [2.45, 2.75) is 6.92 Å². The van der Waals surface area contributed by atoms with Crippen LogP contribution in [0.5, 0.6) is 5.88 Å². The number of benzene rings is 1. The first kappa shape index (κ1) is 15.2. The third-order valence-electron chi connectivity index (χ3n) is 3.29. The van der Waals surface area contributed by atoms with Gasteiger partial charge in [0.1, 0.15) is 5.69 Å². The van der Waals surface area contributed by atoms with Gasteiger partial charge in [0.05, 0.1) is 5.69 Å². The molecule has 10 heteroatoms. The van der Waals surface area contributed by atoms with E-state index in [0.717, 1.165) is 11.3 Å². The van der Waals surface area contributed by atoms with Gasteiger partial charge in [0, 0.05) is 11.3 Å². The Balaban J connectivity index is 1.84. The quantitative estimate of drug-likeness (QED) is 0.459. The highest BCUT2D eigenvalue weighted by atomic mass is 16.3. The number of aromatic hydroxyl groups is 1. The Morgan fingerprint density at radius 2 is 1.83 bits per heavy atom. The summed E-state index contributed by atoms with van der Waals surface area (Å²) in [4.78, 5) is 38.5. The lowest BCUT2D eigenvalue weighted by molar-refractivity contribution is 0.102. The van der Waals surface area contributed by atoms with E-state index in [0.29, 0.717) is 11.4 Å². The molecule has 2 heterocycles. The third-order valence-corrected chi connectivity index (χ3v) is 3.29. The summed E-state index contributed by atoms with van der Waals surface area (Å²) in [6.45, 7) is 1.81. The van der Waals surface area contributed by atoms with E-state index in [2.05, 4.69) is 20.7 Å². The molecule has 0 atom stereocenters. The molecule has 0 radical (unpaired) electrons. The third kappa shape index (κ3) is 2.79. The molecule has 24 heavy (non-hydrogen) atoms. The summed E-state index contributed by atoms with van der Waals surface area (Å²) in [6.07, 6.45) is 0. The number of carbonyl (C=O) groups excluding carboxylic acids is 1. The van der Waals surface area contributed by atoms with Crippen LogP contribution in [-0.4, -0.2) is 36.4 Å². The first-order chi connectivity index (χ1) is 11.5. The van der Waals surface area contributed by atoms with E-state index in [1.807, 2.05) is 9.97 Å². The predicted octanol–water partition coefficient (Wildman–Crippen LogP) is 0.115. The van der Waals surface area contributed by atoms with Gasteiger partial charge in [-0.15, -0.1) is 0 Å². The zero-order valence-corrected chi connectivity index (χ0v) is 12.4. The fraction of sp³-hybridized carbons (Fsp3) is 0.0714. The molecule has 122 valence electrons. The SMILES string of the molecule is Cc1n[nH]nc1-c1ccc(NC(=O)c2c(O)[nH]c(=O)[nH]c2=O)cc1. The second-order valence-corrected chi connectivity index (χ2v) is 4.92. The summed E-state index contributed by atoms with van der Waals surface area (Å²) in [6, 6.07) is 6.66. The molecule has 0 spiro atoms. The molecular formula is C14H12N6O4. The summed E-state index contributed by atoms with van der Waals surface area (Å²) in [7, 11) is 0. The number of anilines is 1. The molecule has 0 aliphatic rings. The lowest BCUT2D eigenvalue weighted by Gasteiger charge is -2.06. The van der Waals surface area contributed by atoms with Gasteiger partial charge in [-0.2, -0.15) is 15.4 Å². The zero-order chi connectivity index (χ0) is 17.3. The number of carbonyl (C=O) groups is 1. The van der Waals surface area contributed by atoms with E-state index in [1.165, 1.54) is 0 Å². The summed E-state index contributed by atoms with van der Waals surface area (Å²) >= 11 is 0. The minimum Gasteiger partial charge on any atom is -0.494 e. The van der Waals surface area contributed by atoms with E-state index in [4.69, 9.17) is 0 Å².